The molecule has 9 nitrogen and oxygen atoms in total. The normalized spacial score (nSPS) is 18.9. The van der Waals surface area contributed by atoms with Crippen molar-refractivity contribution in [2.45, 2.75) is 57.3 Å². The third-order valence-corrected chi connectivity index (χ3v) is 10.8. The van der Waals surface area contributed by atoms with E-state index in [9.17, 15) is 9.59 Å². The van der Waals surface area contributed by atoms with Crippen LogP contribution in [0.15, 0.2) is 60.8 Å². The highest BCUT2D eigenvalue weighted by Gasteiger charge is 2.27. The first-order valence-corrected chi connectivity index (χ1v) is 17.9. The van der Waals surface area contributed by atoms with Gasteiger partial charge in [0.15, 0.2) is 0 Å². The Bertz CT molecular complexity index is 1920. The summed E-state index contributed by atoms with van der Waals surface area (Å²) in [4.78, 5) is 30.3. The number of pyridine rings is 1. The van der Waals surface area contributed by atoms with E-state index in [-0.39, 0.29) is 23.9 Å². The van der Waals surface area contributed by atoms with E-state index in [1.54, 1.807) is 20.4 Å². The number of hydrogen-bond acceptors (Lipinski definition) is 7. The Balaban J connectivity index is 1.13. The standard InChI is InChI=1S/C39H41Cl2N5O4/c1-49-33-17-24(6-7-25(33)19-42-20-27-8-10-35(47)44-27)39-38(41)31(12-14-43-39)30-5-3-4-29(37(30)40)26-16-23-13-15-46(21-28-9-11-36(48)45-28)22-32(23)34(18-26)50-2/h3-7,12,14,16-18,27-28,42H,8-11,13,15,19-22H2,1-2H3,(H,44,47)(H,45,48)/t27-,28-/m0/s1. The first kappa shape index (κ1) is 34.3. The van der Waals surface area contributed by atoms with Gasteiger partial charge in [-0.15, -0.1) is 0 Å². The van der Waals surface area contributed by atoms with Gasteiger partial charge in [-0.2, -0.15) is 0 Å². The summed E-state index contributed by atoms with van der Waals surface area (Å²) < 4.78 is 11.7. The van der Waals surface area contributed by atoms with Crippen molar-refractivity contribution in [1.29, 1.82) is 0 Å². The highest BCUT2D eigenvalue weighted by atomic mass is 35.5. The van der Waals surface area contributed by atoms with E-state index >= 15 is 0 Å². The van der Waals surface area contributed by atoms with Gasteiger partial charge in [0, 0.05) is 97.2 Å². The summed E-state index contributed by atoms with van der Waals surface area (Å²) in [7, 11) is 3.36. The van der Waals surface area contributed by atoms with Crippen LogP contribution < -0.4 is 25.4 Å². The van der Waals surface area contributed by atoms with Crippen LogP contribution in [0.1, 0.15) is 42.4 Å². The summed E-state index contributed by atoms with van der Waals surface area (Å²) in [6.07, 6.45) is 5.56. The number of amides is 2. The van der Waals surface area contributed by atoms with Crippen LogP contribution in [0.2, 0.25) is 10.0 Å². The maximum Gasteiger partial charge on any atom is 0.220 e. The second-order valence-electron chi connectivity index (χ2n) is 13.3. The van der Waals surface area contributed by atoms with Gasteiger partial charge in [-0.25, -0.2) is 0 Å². The zero-order chi connectivity index (χ0) is 34.8. The number of nitrogens with one attached hydrogen (secondary N) is 3. The van der Waals surface area contributed by atoms with Gasteiger partial charge in [0.25, 0.3) is 0 Å². The van der Waals surface area contributed by atoms with Gasteiger partial charge >= 0.3 is 0 Å². The third-order valence-electron chi connectivity index (χ3n) is 10.0. The molecule has 4 aromatic rings. The molecule has 2 saturated heterocycles. The van der Waals surface area contributed by atoms with E-state index < -0.39 is 0 Å². The molecule has 0 radical (unpaired) electrons. The van der Waals surface area contributed by atoms with Crippen LogP contribution in [0, 0.1) is 0 Å². The number of methoxy groups -OCH3 is 2. The Morgan fingerprint density at radius 3 is 2.30 bits per heavy atom. The third kappa shape index (κ3) is 7.19. The van der Waals surface area contributed by atoms with Crippen molar-refractivity contribution >= 4 is 35.0 Å². The number of ether oxygens (including phenoxy) is 2. The molecule has 3 aliphatic rings. The molecule has 0 saturated carbocycles. The van der Waals surface area contributed by atoms with Crippen LogP contribution >= 0.6 is 23.2 Å². The predicted octanol–water partition coefficient (Wildman–Crippen LogP) is 6.41. The number of hydrogen-bond donors (Lipinski definition) is 3. The van der Waals surface area contributed by atoms with Crippen molar-refractivity contribution in [3.63, 3.8) is 0 Å². The first-order chi connectivity index (χ1) is 24.3. The molecule has 4 heterocycles. The maximum atomic E-state index is 11.7. The van der Waals surface area contributed by atoms with Gasteiger partial charge in [-0.3, -0.25) is 19.5 Å². The maximum absolute atomic E-state index is 11.7. The number of fused-ring (bicyclic) bond motifs is 1. The Morgan fingerprint density at radius 1 is 0.840 bits per heavy atom. The molecule has 0 bridgehead atoms. The molecule has 50 heavy (non-hydrogen) atoms. The van der Waals surface area contributed by atoms with Crippen LogP contribution in [-0.2, 0) is 29.1 Å². The molecule has 260 valence electrons. The van der Waals surface area contributed by atoms with Gasteiger partial charge in [0.2, 0.25) is 11.8 Å². The monoisotopic (exact) mass is 713 g/mol. The summed E-state index contributed by atoms with van der Waals surface area (Å²) in [6.45, 7) is 3.83. The van der Waals surface area contributed by atoms with Crippen LogP contribution in [0.25, 0.3) is 33.5 Å². The lowest BCUT2D eigenvalue weighted by Gasteiger charge is -2.32. The fourth-order valence-corrected chi connectivity index (χ4v) is 8.03. The minimum Gasteiger partial charge on any atom is -0.496 e. The second-order valence-corrected chi connectivity index (χ2v) is 14.0. The molecule has 2 atom stereocenters. The molecule has 3 N–H and O–H groups in total. The Kier molecular flexibility index (Phi) is 10.3. The van der Waals surface area contributed by atoms with Crippen molar-refractivity contribution < 1.29 is 19.1 Å². The zero-order valence-corrected chi connectivity index (χ0v) is 29.8. The number of nitrogens with zero attached hydrogens (tertiary/aromatic N) is 2. The fourth-order valence-electron chi connectivity index (χ4n) is 7.37. The summed E-state index contributed by atoms with van der Waals surface area (Å²) in [6, 6.07) is 18.5. The molecule has 2 amide bonds. The van der Waals surface area contributed by atoms with E-state index in [2.05, 4.69) is 38.0 Å². The molecular weight excluding hydrogens is 673 g/mol. The van der Waals surface area contributed by atoms with E-state index in [0.717, 1.165) is 83.8 Å². The lowest BCUT2D eigenvalue weighted by Crippen LogP contribution is -2.41. The summed E-state index contributed by atoms with van der Waals surface area (Å²) in [5.41, 5.74) is 8.36. The highest BCUT2D eigenvalue weighted by molar-refractivity contribution is 6.39. The minimum atomic E-state index is 0.109. The highest BCUT2D eigenvalue weighted by Crippen LogP contribution is 2.44. The van der Waals surface area contributed by atoms with Crippen LogP contribution in [0.5, 0.6) is 11.5 Å². The van der Waals surface area contributed by atoms with Gasteiger partial charge < -0.3 is 25.4 Å². The predicted molar refractivity (Wildman–Crippen MR) is 197 cm³/mol. The lowest BCUT2D eigenvalue weighted by molar-refractivity contribution is -0.120. The molecule has 7 rings (SSSR count). The molecule has 1 aromatic heterocycles. The van der Waals surface area contributed by atoms with Gasteiger partial charge in [0.1, 0.15) is 11.5 Å². The Morgan fingerprint density at radius 2 is 1.56 bits per heavy atom. The second kappa shape index (κ2) is 15.0. The Labute approximate surface area is 302 Å². The number of rotatable bonds is 11. The Hall–Kier alpha value is -4.15. The van der Waals surface area contributed by atoms with Crippen molar-refractivity contribution in [2.24, 2.45) is 0 Å². The smallest absolute Gasteiger partial charge is 0.220 e. The van der Waals surface area contributed by atoms with Crippen molar-refractivity contribution in [3.05, 3.63) is 87.5 Å². The largest absolute Gasteiger partial charge is 0.496 e. The zero-order valence-electron chi connectivity index (χ0n) is 28.3. The van der Waals surface area contributed by atoms with E-state index in [4.69, 9.17) is 32.7 Å². The first-order valence-electron chi connectivity index (χ1n) is 17.1. The quantitative estimate of drug-likeness (QED) is 0.165. The fraction of sp³-hybridized carbons (Fsp3) is 0.359. The van der Waals surface area contributed by atoms with E-state index in [1.807, 2.05) is 42.5 Å². The minimum absolute atomic E-state index is 0.109. The molecule has 3 aromatic carbocycles. The molecule has 0 unspecified atom stereocenters. The van der Waals surface area contributed by atoms with Crippen LogP contribution in [0.4, 0.5) is 0 Å². The molecule has 11 heteroatoms. The summed E-state index contributed by atoms with van der Waals surface area (Å²) in [5, 5.41) is 10.6. The average molecular weight is 715 g/mol. The molecule has 0 spiro atoms. The number of carbonyl (C=O) groups is 2. The van der Waals surface area contributed by atoms with Gasteiger partial charge in [-0.1, -0.05) is 59.6 Å². The SMILES string of the molecule is COc1cc(-c2nccc(-c3cccc(-c4cc5c(c(OC)c4)CN(C[C@@H]4CCC(=O)N4)CC5)c3Cl)c2Cl)ccc1CNC[C@@H]1CCC(=O)N1. The van der Waals surface area contributed by atoms with Crippen molar-refractivity contribution in [1.82, 2.24) is 25.8 Å². The number of benzene rings is 3. The molecular formula is C39H41Cl2N5O4. The number of halogens is 2. The van der Waals surface area contributed by atoms with E-state index in [0.29, 0.717) is 41.7 Å². The lowest BCUT2D eigenvalue weighted by atomic mass is 9.92. The molecule has 0 aliphatic carbocycles. The van der Waals surface area contributed by atoms with E-state index in [1.165, 1.54) is 11.1 Å². The van der Waals surface area contributed by atoms with Crippen molar-refractivity contribution in [2.75, 3.05) is 33.9 Å². The van der Waals surface area contributed by atoms with Crippen molar-refractivity contribution in [3.8, 4) is 45.0 Å². The molecule has 3 aliphatic heterocycles. The van der Waals surface area contributed by atoms with Crippen LogP contribution in [-0.4, -0.2) is 67.6 Å². The number of carbonyl (C=O) groups excluding carboxylic acids is 2. The van der Waals surface area contributed by atoms with Crippen LogP contribution in [0.3, 0.4) is 0 Å². The molecule has 2 fully saturated rings. The topological polar surface area (TPSA) is 105 Å². The average Bonchev–Trinajstić information content (AvgIpc) is 3.74. The summed E-state index contributed by atoms with van der Waals surface area (Å²) >= 11 is 14.3. The van der Waals surface area contributed by atoms with Gasteiger partial charge in [-0.05, 0) is 48.6 Å². The summed E-state index contributed by atoms with van der Waals surface area (Å²) in [5.74, 6) is 1.81. The number of aromatic nitrogens is 1. The van der Waals surface area contributed by atoms with Gasteiger partial charge in [0.05, 0.1) is 30.0 Å².